The summed E-state index contributed by atoms with van der Waals surface area (Å²) in [5.41, 5.74) is 1.19. The quantitative estimate of drug-likeness (QED) is 0.903. The maximum atomic E-state index is 12.0. The normalized spacial score (nSPS) is 17.5. The van der Waals surface area contributed by atoms with E-state index in [1.54, 1.807) is 11.3 Å². The van der Waals surface area contributed by atoms with Crippen LogP contribution >= 0.6 is 22.9 Å². The molecule has 0 radical (unpaired) electrons. The zero-order chi connectivity index (χ0) is 13.7. The van der Waals surface area contributed by atoms with E-state index in [-0.39, 0.29) is 11.9 Å². The molecule has 19 heavy (non-hydrogen) atoms. The Kier molecular flexibility index (Phi) is 5.67. The Morgan fingerprint density at radius 1 is 1.47 bits per heavy atom. The maximum Gasteiger partial charge on any atom is 0.223 e. The van der Waals surface area contributed by atoms with Crippen LogP contribution in [0.15, 0.2) is 11.4 Å². The summed E-state index contributed by atoms with van der Waals surface area (Å²) < 4.78 is 0.813. The average molecular weight is 301 g/mol. The molecule has 5 heteroatoms. The van der Waals surface area contributed by atoms with Gasteiger partial charge in [-0.3, -0.25) is 4.79 Å². The predicted octanol–water partition coefficient (Wildman–Crippen LogP) is 3.45. The van der Waals surface area contributed by atoms with Gasteiger partial charge in [-0.1, -0.05) is 11.6 Å². The SMILES string of the molecule is CC(NCCC(=O)N1CCCCC1)c1csc(Cl)c1. The van der Waals surface area contributed by atoms with Gasteiger partial charge >= 0.3 is 0 Å². The van der Waals surface area contributed by atoms with Gasteiger partial charge in [0.25, 0.3) is 0 Å². The molecule has 2 heterocycles. The van der Waals surface area contributed by atoms with Crippen LogP contribution in [0.1, 0.15) is 44.2 Å². The molecule has 2 rings (SSSR count). The molecule has 0 spiro atoms. The van der Waals surface area contributed by atoms with Crippen molar-refractivity contribution in [3.8, 4) is 0 Å². The van der Waals surface area contributed by atoms with Crippen LogP contribution in [-0.4, -0.2) is 30.4 Å². The largest absolute Gasteiger partial charge is 0.343 e. The summed E-state index contributed by atoms with van der Waals surface area (Å²) in [5, 5.41) is 5.44. The van der Waals surface area contributed by atoms with E-state index in [0.29, 0.717) is 6.42 Å². The molecule has 1 aliphatic heterocycles. The summed E-state index contributed by atoms with van der Waals surface area (Å²) in [6.45, 7) is 4.71. The second-order valence-corrected chi connectivity index (χ2v) is 6.59. The van der Waals surface area contributed by atoms with Crippen molar-refractivity contribution in [2.75, 3.05) is 19.6 Å². The minimum absolute atomic E-state index is 0.248. The topological polar surface area (TPSA) is 32.3 Å². The molecule has 1 unspecified atom stereocenters. The van der Waals surface area contributed by atoms with Gasteiger partial charge in [0.15, 0.2) is 0 Å². The van der Waals surface area contributed by atoms with E-state index in [9.17, 15) is 4.79 Å². The lowest BCUT2D eigenvalue weighted by atomic mass is 10.1. The molecular weight excluding hydrogens is 280 g/mol. The van der Waals surface area contributed by atoms with Gasteiger partial charge in [0, 0.05) is 32.1 Å². The number of hydrogen-bond acceptors (Lipinski definition) is 3. The standard InChI is InChI=1S/C14H21ClN2OS/c1-11(12-9-13(15)19-10-12)16-6-5-14(18)17-7-3-2-4-8-17/h9-11,16H,2-8H2,1H3. The molecule has 1 fully saturated rings. The minimum Gasteiger partial charge on any atom is -0.343 e. The zero-order valence-electron chi connectivity index (χ0n) is 11.3. The number of rotatable bonds is 5. The van der Waals surface area contributed by atoms with Gasteiger partial charge in [0.2, 0.25) is 5.91 Å². The van der Waals surface area contributed by atoms with E-state index in [0.717, 1.165) is 36.8 Å². The highest BCUT2D eigenvalue weighted by atomic mass is 35.5. The highest BCUT2D eigenvalue weighted by molar-refractivity contribution is 7.14. The van der Waals surface area contributed by atoms with Gasteiger partial charge in [-0.25, -0.2) is 0 Å². The van der Waals surface area contributed by atoms with E-state index in [1.807, 2.05) is 11.0 Å². The minimum atomic E-state index is 0.248. The van der Waals surface area contributed by atoms with Crippen LogP contribution < -0.4 is 5.32 Å². The molecule has 1 amide bonds. The van der Waals surface area contributed by atoms with Crippen LogP contribution in [0.4, 0.5) is 0 Å². The molecular formula is C14H21ClN2OS. The number of carbonyl (C=O) groups is 1. The summed E-state index contributed by atoms with van der Waals surface area (Å²) in [6.07, 6.45) is 4.16. The summed E-state index contributed by atoms with van der Waals surface area (Å²) in [5.74, 6) is 0.280. The molecule has 0 saturated carbocycles. The van der Waals surface area contributed by atoms with Crippen LogP contribution in [0, 0.1) is 0 Å². The fraction of sp³-hybridized carbons (Fsp3) is 0.643. The van der Waals surface area contributed by atoms with E-state index in [2.05, 4.69) is 17.6 Å². The first-order valence-corrected chi connectivity index (χ1v) is 8.17. The Labute approximate surface area is 123 Å². The number of piperidine rings is 1. The third-order valence-corrected chi connectivity index (χ3v) is 4.70. The second-order valence-electron chi connectivity index (χ2n) is 5.05. The number of thiophene rings is 1. The molecule has 1 atom stereocenters. The van der Waals surface area contributed by atoms with Crippen LogP contribution in [-0.2, 0) is 4.79 Å². The first-order chi connectivity index (χ1) is 9.16. The van der Waals surface area contributed by atoms with Crippen LogP contribution in [0.5, 0.6) is 0 Å². The van der Waals surface area contributed by atoms with Gasteiger partial charge in [-0.2, -0.15) is 0 Å². The number of nitrogens with one attached hydrogen (secondary N) is 1. The summed E-state index contributed by atoms with van der Waals surface area (Å²) in [7, 11) is 0. The predicted molar refractivity (Wildman–Crippen MR) is 80.8 cm³/mol. The van der Waals surface area contributed by atoms with E-state index < -0.39 is 0 Å². The molecule has 0 aliphatic carbocycles. The van der Waals surface area contributed by atoms with Gasteiger partial charge in [-0.05, 0) is 43.2 Å². The Balaban J connectivity index is 1.69. The third kappa shape index (κ3) is 4.48. The number of halogens is 1. The fourth-order valence-electron chi connectivity index (χ4n) is 2.37. The van der Waals surface area contributed by atoms with Crippen molar-refractivity contribution in [2.24, 2.45) is 0 Å². The molecule has 1 aromatic rings. The van der Waals surface area contributed by atoms with Gasteiger partial charge < -0.3 is 10.2 Å². The van der Waals surface area contributed by atoms with E-state index in [4.69, 9.17) is 11.6 Å². The van der Waals surface area contributed by atoms with E-state index in [1.165, 1.54) is 12.0 Å². The lowest BCUT2D eigenvalue weighted by Crippen LogP contribution is -2.37. The smallest absolute Gasteiger partial charge is 0.223 e. The average Bonchev–Trinajstić information content (AvgIpc) is 2.86. The monoisotopic (exact) mass is 300 g/mol. The van der Waals surface area contributed by atoms with Gasteiger partial charge in [-0.15, -0.1) is 11.3 Å². The van der Waals surface area contributed by atoms with Crippen molar-refractivity contribution in [3.63, 3.8) is 0 Å². The third-order valence-electron chi connectivity index (χ3n) is 3.59. The molecule has 0 bridgehead atoms. The van der Waals surface area contributed by atoms with Gasteiger partial charge in [0.05, 0.1) is 4.34 Å². The number of hydrogen-bond donors (Lipinski definition) is 1. The molecule has 0 aromatic carbocycles. The van der Waals surface area contributed by atoms with Crippen molar-refractivity contribution >= 4 is 28.8 Å². The Morgan fingerprint density at radius 2 is 2.21 bits per heavy atom. The summed E-state index contributed by atoms with van der Waals surface area (Å²) in [6, 6.07) is 2.23. The lowest BCUT2D eigenvalue weighted by Gasteiger charge is -2.27. The highest BCUT2D eigenvalue weighted by Gasteiger charge is 2.16. The molecule has 106 valence electrons. The number of amides is 1. The number of likely N-dealkylation sites (tertiary alicyclic amines) is 1. The molecule has 1 N–H and O–H groups in total. The van der Waals surface area contributed by atoms with Crippen LogP contribution in [0.25, 0.3) is 0 Å². The Morgan fingerprint density at radius 3 is 2.84 bits per heavy atom. The first kappa shape index (κ1) is 14.8. The molecule has 1 saturated heterocycles. The van der Waals surface area contributed by atoms with Crippen molar-refractivity contribution in [2.45, 2.75) is 38.6 Å². The van der Waals surface area contributed by atoms with Gasteiger partial charge in [0.1, 0.15) is 0 Å². The van der Waals surface area contributed by atoms with Crippen molar-refractivity contribution in [1.29, 1.82) is 0 Å². The molecule has 1 aromatic heterocycles. The zero-order valence-corrected chi connectivity index (χ0v) is 12.9. The first-order valence-electron chi connectivity index (χ1n) is 6.92. The van der Waals surface area contributed by atoms with Crippen LogP contribution in [0.2, 0.25) is 4.34 Å². The van der Waals surface area contributed by atoms with E-state index >= 15 is 0 Å². The molecule has 3 nitrogen and oxygen atoms in total. The second kappa shape index (κ2) is 7.27. The fourth-order valence-corrected chi connectivity index (χ4v) is 3.35. The van der Waals surface area contributed by atoms with Crippen molar-refractivity contribution in [1.82, 2.24) is 10.2 Å². The number of carbonyl (C=O) groups excluding carboxylic acids is 1. The Bertz CT molecular complexity index is 415. The summed E-state index contributed by atoms with van der Waals surface area (Å²) in [4.78, 5) is 14.0. The van der Waals surface area contributed by atoms with Crippen molar-refractivity contribution < 1.29 is 4.79 Å². The van der Waals surface area contributed by atoms with Crippen LogP contribution in [0.3, 0.4) is 0 Å². The van der Waals surface area contributed by atoms with Crippen molar-refractivity contribution in [3.05, 3.63) is 21.3 Å². The molecule has 1 aliphatic rings. The lowest BCUT2D eigenvalue weighted by molar-refractivity contribution is -0.132. The highest BCUT2D eigenvalue weighted by Crippen LogP contribution is 2.24. The number of nitrogens with zero attached hydrogens (tertiary/aromatic N) is 1. The Hall–Kier alpha value is -0.580. The summed E-state index contributed by atoms with van der Waals surface area (Å²) >= 11 is 7.47. The maximum absolute atomic E-state index is 12.0.